The third-order valence-electron chi connectivity index (χ3n) is 3.06. The number of aromatic nitrogens is 1. The minimum Gasteiger partial charge on any atom is -0.392 e. The van der Waals surface area contributed by atoms with Crippen LogP contribution in [0.3, 0.4) is 0 Å². The largest absolute Gasteiger partial charge is 0.392 e. The van der Waals surface area contributed by atoms with Gasteiger partial charge in [-0.2, -0.15) is 0 Å². The summed E-state index contributed by atoms with van der Waals surface area (Å²) in [5, 5.41) is 11.3. The molecular weight excluding hydrogens is 308 g/mol. The Morgan fingerprint density at radius 3 is 2.67 bits per heavy atom. The predicted octanol–water partition coefficient (Wildman–Crippen LogP) is 2.87. The van der Waals surface area contributed by atoms with Crippen LogP contribution in [0.2, 0.25) is 0 Å². The molecule has 0 saturated heterocycles. The lowest BCUT2D eigenvalue weighted by Crippen LogP contribution is -2.14. The Morgan fingerprint density at radius 1 is 1.38 bits per heavy atom. The summed E-state index contributed by atoms with van der Waals surface area (Å²) in [6.45, 7) is 5.53. The first-order chi connectivity index (χ1) is 9.83. The van der Waals surface area contributed by atoms with Gasteiger partial charge in [-0.15, -0.1) is 11.3 Å². The molecule has 21 heavy (non-hydrogen) atoms. The normalized spacial score (nSPS) is 11.9. The number of benzene rings is 1. The van der Waals surface area contributed by atoms with E-state index in [0.29, 0.717) is 16.3 Å². The zero-order chi connectivity index (χ0) is 15.6. The summed E-state index contributed by atoms with van der Waals surface area (Å²) in [7, 11) is -3.70. The van der Waals surface area contributed by atoms with Crippen LogP contribution in [-0.4, -0.2) is 18.5 Å². The quantitative estimate of drug-likeness (QED) is 0.885. The van der Waals surface area contributed by atoms with Gasteiger partial charge in [0.15, 0.2) is 5.13 Å². The summed E-state index contributed by atoms with van der Waals surface area (Å²) in [6.07, 6.45) is 0. The number of aryl methyl sites for hydroxylation is 1. The van der Waals surface area contributed by atoms with E-state index in [0.717, 1.165) is 5.69 Å². The van der Waals surface area contributed by atoms with Crippen LogP contribution < -0.4 is 4.72 Å². The number of anilines is 1. The van der Waals surface area contributed by atoms with Crippen LogP contribution in [0.5, 0.6) is 0 Å². The van der Waals surface area contributed by atoms with Crippen LogP contribution in [-0.2, 0) is 16.6 Å². The van der Waals surface area contributed by atoms with E-state index in [-0.39, 0.29) is 17.4 Å². The maximum atomic E-state index is 12.4. The van der Waals surface area contributed by atoms with E-state index in [1.807, 2.05) is 19.2 Å². The molecule has 0 saturated carbocycles. The number of sulfonamides is 1. The van der Waals surface area contributed by atoms with Gasteiger partial charge >= 0.3 is 0 Å². The van der Waals surface area contributed by atoms with Gasteiger partial charge in [-0.3, -0.25) is 4.72 Å². The van der Waals surface area contributed by atoms with Crippen molar-refractivity contribution >= 4 is 26.5 Å². The van der Waals surface area contributed by atoms with Crippen molar-refractivity contribution in [1.29, 1.82) is 0 Å². The standard InChI is InChI=1S/C14H18N2O3S2/c1-9(2)12-8-20-14(15-12)16-21(18,19)13-6-11(7-17)5-4-10(13)3/h4-6,8-9,17H,7H2,1-3H3,(H,15,16). The average molecular weight is 326 g/mol. The third kappa shape index (κ3) is 3.61. The Morgan fingerprint density at radius 2 is 2.10 bits per heavy atom. The monoisotopic (exact) mass is 326 g/mol. The molecule has 0 aliphatic rings. The summed E-state index contributed by atoms with van der Waals surface area (Å²) >= 11 is 1.26. The maximum absolute atomic E-state index is 12.4. The zero-order valence-electron chi connectivity index (χ0n) is 12.1. The zero-order valence-corrected chi connectivity index (χ0v) is 13.8. The molecule has 0 radical (unpaired) electrons. The fourth-order valence-corrected chi connectivity index (χ4v) is 4.22. The van der Waals surface area contributed by atoms with Gasteiger partial charge in [-0.1, -0.05) is 26.0 Å². The molecule has 0 amide bonds. The van der Waals surface area contributed by atoms with E-state index < -0.39 is 10.0 Å². The number of nitrogens with one attached hydrogen (secondary N) is 1. The van der Waals surface area contributed by atoms with Crippen LogP contribution in [0.4, 0.5) is 5.13 Å². The highest BCUT2D eigenvalue weighted by atomic mass is 32.2. The van der Waals surface area contributed by atoms with Gasteiger partial charge in [-0.25, -0.2) is 13.4 Å². The lowest BCUT2D eigenvalue weighted by Gasteiger charge is -2.09. The Kier molecular flexibility index (Phi) is 4.65. The maximum Gasteiger partial charge on any atom is 0.263 e. The molecule has 2 rings (SSSR count). The van der Waals surface area contributed by atoms with Crippen molar-refractivity contribution < 1.29 is 13.5 Å². The number of aliphatic hydroxyl groups excluding tert-OH is 1. The Bertz CT molecular complexity index is 736. The van der Waals surface area contributed by atoms with Crippen molar-refractivity contribution in [1.82, 2.24) is 4.98 Å². The molecule has 1 heterocycles. The molecule has 0 spiro atoms. The smallest absolute Gasteiger partial charge is 0.263 e. The van der Waals surface area contributed by atoms with Gasteiger partial charge in [0, 0.05) is 5.38 Å². The van der Waals surface area contributed by atoms with Crippen molar-refractivity contribution in [2.24, 2.45) is 0 Å². The van der Waals surface area contributed by atoms with E-state index in [1.165, 1.54) is 17.4 Å². The van der Waals surface area contributed by atoms with E-state index in [4.69, 9.17) is 5.11 Å². The Labute approximate surface area is 128 Å². The summed E-state index contributed by atoms with van der Waals surface area (Å²) in [5.74, 6) is 0.249. The first-order valence-electron chi connectivity index (χ1n) is 6.52. The fraction of sp³-hybridized carbons (Fsp3) is 0.357. The van der Waals surface area contributed by atoms with Crippen molar-refractivity contribution in [3.05, 3.63) is 40.4 Å². The van der Waals surface area contributed by atoms with Gasteiger partial charge in [0.25, 0.3) is 10.0 Å². The number of hydrogen-bond acceptors (Lipinski definition) is 5. The number of nitrogens with zero attached hydrogens (tertiary/aromatic N) is 1. The molecule has 0 aliphatic carbocycles. The number of rotatable bonds is 5. The molecule has 5 nitrogen and oxygen atoms in total. The first kappa shape index (κ1) is 15.9. The number of thiazole rings is 1. The van der Waals surface area contributed by atoms with Gasteiger partial charge < -0.3 is 5.11 Å². The SMILES string of the molecule is Cc1ccc(CO)cc1S(=O)(=O)Nc1nc(C(C)C)cs1. The van der Waals surface area contributed by atoms with E-state index >= 15 is 0 Å². The van der Waals surface area contributed by atoms with Gasteiger partial charge in [0.1, 0.15) is 0 Å². The van der Waals surface area contributed by atoms with Crippen LogP contribution in [0.1, 0.15) is 36.6 Å². The molecular formula is C14H18N2O3S2. The fourth-order valence-electron chi connectivity index (χ4n) is 1.80. The second kappa shape index (κ2) is 6.13. The van der Waals surface area contributed by atoms with Gasteiger partial charge in [-0.05, 0) is 30.0 Å². The molecule has 0 bridgehead atoms. The third-order valence-corrected chi connectivity index (χ3v) is 5.45. The van der Waals surface area contributed by atoms with E-state index in [1.54, 1.807) is 19.1 Å². The predicted molar refractivity (Wildman–Crippen MR) is 84.1 cm³/mol. The lowest BCUT2D eigenvalue weighted by atomic mass is 10.2. The second-order valence-electron chi connectivity index (χ2n) is 5.10. The minimum absolute atomic E-state index is 0.162. The highest BCUT2D eigenvalue weighted by Crippen LogP contribution is 2.25. The minimum atomic E-state index is -3.70. The number of hydrogen-bond donors (Lipinski definition) is 2. The molecule has 1 aromatic heterocycles. The van der Waals surface area contributed by atoms with E-state index in [9.17, 15) is 8.42 Å². The first-order valence-corrected chi connectivity index (χ1v) is 8.88. The van der Waals surface area contributed by atoms with Gasteiger partial charge in [0.05, 0.1) is 17.2 Å². The summed E-state index contributed by atoms with van der Waals surface area (Å²) < 4.78 is 27.4. The van der Waals surface area contributed by atoms with Crippen molar-refractivity contribution in [2.45, 2.75) is 38.2 Å². The Hall–Kier alpha value is -1.44. The van der Waals surface area contributed by atoms with Crippen molar-refractivity contribution in [3.63, 3.8) is 0 Å². The molecule has 0 atom stereocenters. The highest BCUT2D eigenvalue weighted by Gasteiger charge is 2.19. The van der Waals surface area contributed by atoms with E-state index in [2.05, 4.69) is 9.71 Å². The van der Waals surface area contributed by atoms with Gasteiger partial charge in [0.2, 0.25) is 0 Å². The molecule has 0 aliphatic heterocycles. The number of aliphatic hydroxyl groups is 1. The Balaban J connectivity index is 2.33. The molecule has 2 aromatic rings. The molecule has 2 N–H and O–H groups in total. The van der Waals surface area contributed by atoms with Crippen LogP contribution >= 0.6 is 11.3 Å². The van der Waals surface area contributed by atoms with Crippen LogP contribution in [0, 0.1) is 6.92 Å². The highest BCUT2D eigenvalue weighted by molar-refractivity contribution is 7.93. The summed E-state index contributed by atoms with van der Waals surface area (Å²) in [5.41, 5.74) is 2.04. The van der Waals surface area contributed by atoms with Crippen LogP contribution in [0.15, 0.2) is 28.5 Å². The average Bonchev–Trinajstić information content (AvgIpc) is 2.87. The molecule has 0 unspecified atom stereocenters. The topological polar surface area (TPSA) is 79.3 Å². The molecule has 7 heteroatoms. The van der Waals surface area contributed by atoms with Crippen LogP contribution in [0.25, 0.3) is 0 Å². The van der Waals surface area contributed by atoms with Crippen molar-refractivity contribution in [2.75, 3.05) is 4.72 Å². The summed E-state index contributed by atoms with van der Waals surface area (Å²) in [6, 6.07) is 4.87. The lowest BCUT2D eigenvalue weighted by molar-refractivity contribution is 0.281. The second-order valence-corrected chi connectivity index (χ2v) is 7.60. The molecule has 0 fully saturated rings. The molecule has 114 valence electrons. The summed E-state index contributed by atoms with van der Waals surface area (Å²) in [4.78, 5) is 4.43. The molecule has 1 aromatic carbocycles. The van der Waals surface area contributed by atoms with Crippen molar-refractivity contribution in [3.8, 4) is 0 Å².